The molecule has 7 heteroatoms. The Morgan fingerprint density at radius 2 is 1.82 bits per heavy atom. The summed E-state index contributed by atoms with van der Waals surface area (Å²) < 4.78 is 10.3. The van der Waals surface area contributed by atoms with Crippen LogP contribution in [-0.2, 0) is 9.53 Å². The van der Waals surface area contributed by atoms with Crippen molar-refractivity contribution in [1.82, 2.24) is 10.5 Å². The van der Waals surface area contributed by atoms with E-state index in [0.29, 0.717) is 16.5 Å². The van der Waals surface area contributed by atoms with Crippen LogP contribution in [0.3, 0.4) is 0 Å². The van der Waals surface area contributed by atoms with E-state index < -0.39 is 18.5 Å². The second-order valence-electron chi connectivity index (χ2n) is 6.22. The first-order valence-corrected chi connectivity index (χ1v) is 9.07. The summed E-state index contributed by atoms with van der Waals surface area (Å²) in [5, 5.41) is 7.26. The van der Waals surface area contributed by atoms with Crippen molar-refractivity contribution in [1.29, 1.82) is 0 Å². The molecule has 0 unspecified atom stereocenters. The number of esters is 1. The summed E-state index contributed by atoms with van der Waals surface area (Å²) in [6, 6.07) is 16.0. The zero-order chi connectivity index (χ0) is 20.1. The first-order chi connectivity index (χ1) is 13.5. The van der Waals surface area contributed by atoms with E-state index in [2.05, 4.69) is 10.5 Å². The molecule has 6 nitrogen and oxygen atoms in total. The zero-order valence-corrected chi connectivity index (χ0v) is 16.2. The fourth-order valence-corrected chi connectivity index (χ4v) is 3.10. The van der Waals surface area contributed by atoms with Gasteiger partial charge in [0.1, 0.15) is 17.0 Å². The molecule has 1 aromatic heterocycles. The number of aromatic nitrogens is 1. The number of nitrogens with zero attached hydrogens (tertiary/aromatic N) is 1. The molecule has 1 amide bonds. The quantitative estimate of drug-likeness (QED) is 0.625. The van der Waals surface area contributed by atoms with E-state index in [9.17, 15) is 9.59 Å². The molecule has 3 aromatic rings. The van der Waals surface area contributed by atoms with Crippen molar-refractivity contribution in [2.45, 2.75) is 19.9 Å². The summed E-state index contributed by atoms with van der Waals surface area (Å²) in [6.07, 6.45) is 0. The van der Waals surface area contributed by atoms with Gasteiger partial charge in [-0.2, -0.15) is 0 Å². The molecule has 2 aromatic carbocycles. The zero-order valence-electron chi connectivity index (χ0n) is 15.4. The van der Waals surface area contributed by atoms with Crippen LogP contribution >= 0.6 is 11.6 Å². The first kappa shape index (κ1) is 19.6. The van der Waals surface area contributed by atoms with Crippen molar-refractivity contribution < 1.29 is 18.8 Å². The van der Waals surface area contributed by atoms with E-state index in [1.165, 1.54) is 0 Å². The van der Waals surface area contributed by atoms with Gasteiger partial charge in [-0.05, 0) is 25.5 Å². The minimum atomic E-state index is -0.668. The van der Waals surface area contributed by atoms with Crippen LogP contribution in [0.1, 0.15) is 34.6 Å². The smallest absolute Gasteiger partial charge is 0.344 e. The SMILES string of the molecule is Cc1onc(-c2ccccc2)c1C(=O)OCC(=O)N[C@@H](C)c1ccccc1Cl. The van der Waals surface area contributed by atoms with Gasteiger partial charge in [0.15, 0.2) is 6.61 Å². The highest BCUT2D eigenvalue weighted by Gasteiger charge is 2.24. The van der Waals surface area contributed by atoms with Crippen molar-refractivity contribution in [2.75, 3.05) is 6.61 Å². The number of carbonyl (C=O) groups is 2. The van der Waals surface area contributed by atoms with Gasteiger partial charge < -0.3 is 14.6 Å². The summed E-state index contributed by atoms with van der Waals surface area (Å²) in [5.41, 5.74) is 2.10. The Morgan fingerprint density at radius 1 is 1.14 bits per heavy atom. The standard InChI is InChI=1S/C21H19ClN2O4/c1-13(16-10-6-7-11-17(16)22)23-18(25)12-27-21(26)19-14(2)28-24-20(19)15-8-4-3-5-9-15/h3-11,13H,12H2,1-2H3,(H,23,25)/t13-/m0/s1. The lowest BCUT2D eigenvalue weighted by Crippen LogP contribution is -2.31. The summed E-state index contributed by atoms with van der Waals surface area (Å²) in [5.74, 6) is -0.775. The number of rotatable bonds is 6. The third-order valence-corrected chi connectivity index (χ3v) is 4.54. The van der Waals surface area contributed by atoms with Gasteiger partial charge in [-0.15, -0.1) is 0 Å². The van der Waals surface area contributed by atoms with E-state index in [1.807, 2.05) is 48.5 Å². The molecule has 1 atom stereocenters. The Morgan fingerprint density at radius 3 is 2.54 bits per heavy atom. The fraction of sp³-hybridized carbons (Fsp3) is 0.190. The van der Waals surface area contributed by atoms with Gasteiger partial charge in [0.25, 0.3) is 5.91 Å². The fourth-order valence-electron chi connectivity index (χ4n) is 2.80. The van der Waals surface area contributed by atoms with Gasteiger partial charge in [-0.25, -0.2) is 4.79 Å². The molecule has 0 spiro atoms. The van der Waals surface area contributed by atoms with Crippen molar-refractivity contribution in [2.24, 2.45) is 0 Å². The van der Waals surface area contributed by atoms with Gasteiger partial charge >= 0.3 is 5.97 Å². The van der Waals surface area contributed by atoms with Crippen molar-refractivity contribution in [3.05, 3.63) is 76.5 Å². The predicted octanol–water partition coefficient (Wildman–Crippen LogP) is 4.34. The average molecular weight is 399 g/mol. The molecule has 1 N–H and O–H groups in total. The number of hydrogen-bond acceptors (Lipinski definition) is 5. The molecule has 28 heavy (non-hydrogen) atoms. The molecule has 0 bridgehead atoms. The summed E-state index contributed by atoms with van der Waals surface area (Å²) in [4.78, 5) is 24.7. The maximum Gasteiger partial charge on any atom is 0.344 e. The van der Waals surface area contributed by atoms with Gasteiger partial charge in [0, 0.05) is 10.6 Å². The molecule has 3 rings (SSSR count). The van der Waals surface area contributed by atoms with E-state index >= 15 is 0 Å². The number of nitrogens with one attached hydrogen (secondary N) is 1. The van der Waals surface area contributed by atoms with Crippen LogP contribution in [0.2, 0.25) is 5.02 Å². The lowest BCUT2D eigenvalue weighted by Gasteiger charge is -2.15. The van der Waals surface area contributed by atoms with Gasteiger partial charge in [-0.1, -0.05) is 65.3 Å². The van der Waals surface area contributed by atoms with E-state index in [1.54, 1.807) is 19.9 Å². The molecule has 0 aliphatic rings. The Hall–Kier alpha value is -3.12. The highest BCUT2D eigenvalue weighted by molar-refractivity contribution is 6.31. The summed E-state index contributed by atoms with van der Waals surface area (Å²) >= 11 is 6.14. The highest BCUT2D eigenvalue weighted by atomic mass is 35.5. The normalized spacial score (nSPS) is 11.7. The van der Waals surface area contributed by atoms with Gasteiger partial charge in [-0.3, -0.25) is 4.79 Å². The molecule has 0 fully saturated rings. The van der Waals surface area contributed by atoms with Gasteiger partial charge in [0.05, 0.1) is 6.04 Å². The molecule has 0 saturated heterocycles. The van der Waals surface area contributed by atoms with Crippen molar-refractivity contribution in [3.63, 3.8) is 0 Å². The summed E-state index contributed by atoms with van der Waals surface area (Å²) in [7, 11) is 0. The molecule has 0 aliphatic heterocycles. The molecule has 1 heterocycles. The molecule has 0 radical (unpaired) electrons. The average Bonchev–Trinajstić information content (AvgIpc) is 3.08. The van der Waals surface area contributed by atoms with E-state index in [0.717, 1.165) is 11.1 Å². The Labute approximate surface area is 167 Å². The highest BCUT2D eigenvalue weighted by Crippen LogP contribution is 2.26. The monoisotopic (exact) mass is 398 g/mol. The Bertz CT molecular complexity index is 985. The molecule has 0 aliphatic carbocycles. The predicted molar refractivity (Wildman–Crippen MR) is 105 cm³/mol. The van der Waals surface area contributed by atoms with Crippen LogP contribution in [0.25, 0.3) is 11.3 Å². The summed E-state index contributed by atoms with van der Waals surface area (Å²) in [6.45, 7) is 3.00. The second-order valence-corrected chi connectivity index (χ2v) is 6.62. The minimum absolute atomic E-state index is 0.207. The number of ether oxygens (including phenoxy) is 1. The third kappa shape index (κ3) is 4.40. The molecule has 144 valence electrons. The largest absolute Gasteiger partial charge is 0.452 e. The second kappa shape index (κ2) is 8.71. The number of aryl methyl sites for hydroxylation is 1. The van der Waals surface area contributed by atoms with Crippen LogP contribution < -0.4 is 5.32 Å². The van der Waals surface area contributed by atoms with Gasteiger partial charge in [0.2, 0.25) is 0 Å². The number of carbonyl (C=O) groups excluding carboxylic acids is 2. The molecular weight excluding hydrogens is 380 g/mol. The number of hydrogen-bond donors (Lipinski definition) is 1. The third-order valence-electron chi connectivity index (χ3n) is 4.20. The minimum Gasteiger partial charge on any atom is -0.452 e. The molecular formula is C21H19ClN2O4. The topological polar surface area (TPSA) is 81.4 Å². The number of amides is 1. The number of halogens is 1. The maximum absolute atomic E-state index is 12.5. The first-order valence-electron chi connectivity index (χ1n) is 8.70. The van der Waals surface area contributed by atoms with E-state index in [4.69, 9.17) is 20.9 Å². The van der Waals surface area contributed by atoms with Crippen LogP contribution in [0, 0.1) is 6.92 Å². The molecule has 0 saturated carbocycles. The Balaban J connectivity index is 1.64. The van der Waals surface area contributed by atoms with Crippen LogP contribution in [-0.4, -0.2) is 23.6 Å². The Kier molecular flexibility index (Phi) is 6.11. The lowest BCUT2D eigenvalue weighted by atomic mass is 10.1. The lowest BCUT2D eigenvalue weighted by molar-refractivity contribution is -0.124. The maximum atomic E-state index is 12.5. The number of benzene rings is 2. The van der Waals surface area contributed by atoms with E-state index in [-0.39, 0.29) is 11.6 Å². The van der Waals surface area contributed by atoms with Crippen LogP contribution in [0.4, 0.5) is 0 Å². The van der Waals surface area contributed by atoms with Crippen LogP contribution in [0.15, 0.2) is 59.1 Å². The van der Waals surface area contributed by atoms with Crippen molar-refractivity contribution in [3.8, 4) is 11.3 Å². The van der Waals surface area contributed by atoms with Crippen LogP contribution in [0.5, 0.6) is 0 Å². The van der Waals surface area contributed by atoms with Crippen molar-refractivity contribution >= 4 is 23.5 Å².